The van der Waals surface area contributed by atoms with Gasteiger partial charge < -0.3 is 25.2 Å². The molecule has 0 radical (unpaired) electrons. The van der Waals surface area contributed by atoms with Gasteiger partial charge in [-0.1, -0.05) is 12.1 Å². The Kier molecular flexibility index (Phi) is 2.86. The van der Waals surface area contributed by atoms with Crippen LogP contribution in [-0.2, 0) is 0 Å². The van der Waals surface area contributed by atoms with Gasteiger partial charge in [-0.3, -0.25) is 4.79 Å². The first kappa shape index (κ1) is 13.1. The zero-order valence-electron chi connectivity index (χ0n) is 10.8. The van der Waals surface area contributed by atoms with E-state index < -0.39 is 28.9 Å². The van der Waals surface area contributed by atoms with E-state index in [1.165, 1.54) is 12.1 Å². The quantitative estimate of drug-likeness (QED) is 0.597. The maximum absolute atomic E-state index is 12.5. The normalized spacial score (nSPS) is 17.1. The molecule has 3 rings (SSSR count). The highest BCUT2D eigenvalue weighted by Crippen LogP contribution is 2.46. The Bertz CT molecular complexity index is 720. The number of aromatic hydroxyl groups is 4. The second-order valence-corrected chi connectivity index (χ2v) is 4.79. The van der Waals surface area contributed by atoms with Gasteiger partial charge in [-0.15, -0.1) is 0 Å². The molecular formula is C15H12O6. The summed E-state index contributed by atoms with van der Waals surface area (Å²) in [5.41, 5.74) is 0.463. The lowest BCUT2D eigenvalue weighted by atomic mass is 9.88. The third kappa shape index (κ3) is 2.01. The third-order valence-electron chi connectivity index (χ3n) is 3.48. The maximum Gasteiger partial charge on any atom is 0.201 e. The number of fused-ring (bicyclic) bond motifs is 1. The summed E-state index contributed by atoms with van der Waals surface area (Å²) < 4.78 is 5.39. The van der Waals surface area contributed by atoms with Crippen molar-refractivity contribution in [2.24, 2.45) is 0 Å². The van der Waals surface area contributed by atoms with Gasteiger partial charge in [-0.25, -0.2) is 0 Å². The molecule has 1 unspecified atom stereocenters. The van der Waals surface area contributed by atoms with E-state index in [-0.39, 0.29) is 23.7 Å². The lowest BCUT2D eigenvalue weighted by Gasteiger charge is -2.25. The zero-order valence-corrected chi connectivity index (χ0v) is 10.8. The third-order valence-corrected chi connectivity index (χ3v) is 3.48. The predicted molar refractivity (Wildman–Crippen MR) is 72.1 cm³/mol. The number of ketones is 1. The lowest BCUT2D eigenvalue weighted by Crippen LogP contribution is -2.26. The van der Waals surface area contributed by atoms with Crippen molar-refractivity contribution in [3.8, 4) is 28.7 Å². The molecule has 0 aromatic heterocycles. The molecule has 0 bridgehead atoms. The summed E-state index contributed by atoms with van der Waals surface area (Å²) in [5, 5.41) is 38.1. The van der Waals surface area contributed by atoms with E-state index in [0.717, 1.165) is 6.07 Å². The van der Waals surface area contributed by atoms with Crippen LogP contribution in [0.1, 0.15) is 21.8 Å². The van der Waals surface area contributed by atoms with E-state index in [4.69, 9.17) is 4.74 Å². The highest BCUT2D eigenvalue weighted by molar-refractivity contribution is 6.07. The molecule has 0 aliphatic carbocycles. The minimum absolute atomic E-state index is 0.0304. The minimum atomic E-state index is -0.753. The van der Waals surface area contributed by atoms with E-state index >= 15 is 0 Å². The number of rotatable bonds is 1. The zero-order chi connectivity index (χ0) is 15.1. The number of ether oxygens (including phenoxy) is 1. The van der Waals surface area contributed by atoms with Gasteiger partial charge in [-0.05, 0) is 17.7 Å². The van der Waals surface area contributed by atoms with E-state index in [9.17, 15) is 25.2 Å². The van der Waals surface area contributed by atoms with Gasteiger partial charge in [0.05, 0.1) is 5.92 Å². The van der Waals surface area contributed by atoms with Crippen LogP contribution in [0, 0.1) is 0 Å². The molecule has 1 aliphatic heterocycles. The first-order chi connectivity index (χ1) is 9.99. The Hall–Kier alpha value is -2.89. The second kappa shape index (κ2) is 4.59. The fraction of sp³-hybridized carbons (Fsp3) is 0.133. The first-order valence-corrected chi connectivity index (χ1v) is 6.23. The van der Waals surface area contributed by atoms with Crippen LogP contribution in [0.3, 0.4) is 0 Å². The smallest absolute Gasteiger partial charge is 0.201 e. The molecule has 1 atom stereocenters. The number of hydrogen-bond acceptors (Lipinski definition) is 6. The van der Waals surface area contributed by atoms with Crippen LogP contribution in [0.2, 0.25) is 0 Å². The summed E-state index contributed by atoms with van der Waals surface area (Å²) in [6.45, 7) is 0.0419. The average molecular weight is 288 g/mol. The molecule has 4 N–H and O–H groups in total. The van der Waals surface area contributed by atoms with Crippen LogP contribution in [0.4, 0.5) is 0 Å². The summed E-state index contributed by atoms with van der Waals surface area (Å²) in [6.07, 6.45) is 0. The maximum atomic E-state index is 12.5. The predicted octanol–water partition coefficient (Wildman–Crippen LogP) is 1.87. The standard InChI is InChI=1S/C15H12O6/c16-8-3-1-7(2-4-8)9-6-21-11-5-10(17)14(19)15(20)12(11)13(9)18/h1-5,9,16-17,19-20H,6H2. The van der Waals surface area contributed by atoms with Crippen LogP contribution in [0.15, 0.2) is 30.3 Å². The van der Waals surface area contributed by atoms with Gasteiger partial charge in [0, 0.05) is 6.07 Å². The van der Waals surface area contributed by atoms with E-state index in [1.807, 2.05) is 0 Å². The molecule has 6 nitrogen and oxygen atoms in total. The van der Waals surface area contributed by atoms with Crippen LogP contribution < -0.4 is 4.74 Å². The van der Waals surface area contributed by atoms with Gasteiger partial charge in [0.1, 0.15) is 23.7 Å². The summed E-state index contributed by atoms with van der Waals surface area (Å²) in [5.74, 6) is -2.98. The van der Waals surface area contributed by atoms with Gasteiger partial charge >= 0.3 is 0 Å². The molecule has 0 amide bonds. The number of Topliss-reactive ketones (excluding diaryl/α,β-unsaturated/α-hetero) is 1. The summed E-state index contributed by atoms with van der Waals surface area (Å²) >= 11 is 0. The number of phenols is 4. The number of phenolic OH excluding ortho intramolecular Hbond substituents is 4. The molecule has 21 heavy (non-hydrogen) atoms. The van der Waals surface area contributed by atoms with E-state index in [2.05, 4.69) is 0 Å². The summed E-state index contributed by atoms with van der Waals surface area (Å²) in [6, 6.07) is 7.17. The first-order valence-electron chi connectivity index (χ1n) is 6.23. The van der Waals surface area contributed by atoms with Crippen LogP contribution in [0.5, 0.6) is 28.7 Å². The van der Waals surface area contributed by atoms with E-state index in [0.29, 0.717) is 5.56 Å². The van der Waals surface area contributed by atoms with Crippen LogP contribution in [0.25, 0.3) is 0 Å². The van der Waals surface area contributed by atoms with Gasteiger partial charge in [-0.2, -0.15) is 0 Å². The molecule has 0 spiro atoms. The number of benzene rings is 2. The van der Waals surface area contributed by atoms with Gasteiger partial charge in [0.2, 0.25) is 5.75 Å². The number of hydrogen-bond donors (Lipinski definition) is 4. The van der Waals surface area contributed by atoms with Crippen molar-refractivity contribution in [1.82, 2.24) is 0 Å². The lowest BCUT2D eigenvalue weighted by molar-refractivity contribution is 0.0890. The molecule has 2 aromatic carbocycles. The summed E-state index contributed by atoms with van der Waals surface area (Å²) in [4.78, 5) is 12.5. The van der Waals surface area contributed by atoms with Crippen molar-refractivity contribution in [2.75, 3.05) is 6.61 Å². The number of carbonyl (C=O) groups excluding carboxylic acids is 1. The fourth-order valence-corrected chi connectivity index (χ4v) is 2.35. The average Bonchev–Trinajstić information content (AvgIpc) is 2.46. The second-order valence-electron chi connectivity index (χ2n) is 4.79. The molecule has 1 heterocycles. The Morgan fingerprint density at radius 3 is 2.33 bits per heavy atom. The highest BCUT2D eigenvalue weighted by Gasteiger charge is 2.34. The Morgan fingerprint density at radius 1 is 1.00 bits per heavy atom. The molecule has 0 saturated carbocycles. The topological polar surface area (TPSA) is 107 Å². The molecule has 2 aromatic rings. The van der Waals surface area contributed by atoms with Crippen molar-refractivity contribution in [1.29, 1.82) is 0 Å². The fourth-order valence-electron chi connectivity index (χ4n) is 2.35. The van der Waals surface area contributed by atoms with Crippen molar-refractivity contribution >= 4 is 5.78 Å². The molecule has 0 fully saturated rings. The molecule has 108 valence electrons. The van der Waals surface area contributed by atoms with Crippen molar-refractivity contribution < 1.29 is 30.0 Å². The molecule has 1 aliphatic rings. The minimum Gasteiger partial charge on any atom is -0.508 e. The Balaban J connectivity index is 2.06. The van der Waals surface area contributed by atoms with Crippen molar-refractivity contribution in [3.05, 3.63) is 41.5 Å². The van der Waals surface area contributed by atoms with Gasteiger partial charge in [0.25, 0.3) is 0 Å². The monoisotopic (exact) mass is 288 g/mol. The van der Waals surface area contributed by atoms with Gasteiger partial charge in [0.15, 0.2) is 17.3 Å². The van der Waals surface area contributed by atoms with Crippen LogP contribution >= 0.6 is 0 Å². The molecule has 0 saturated heterocycles. The van der Waals surface area contributed by atoms with Crippen molar-refractivity contribution in [2.45, 2.75) is 5.92 Å². The highest BCUT2D eigenvalue weighted by atomic mass is 16.5. The van der Waals surface area contributed by atoms with Crippen LogP contribution in [-0.4, -0.2) is 32.8 Å². The Labute approximate surface area is 119 Å². The van der Waals surface area contributed by atoms with E-state index in [1.54, 1.807) is 12.1 Å². The number of carbonyl (C=O) groups is 1. The summed E-state index contributed by atoms with van der Waals surface area (Å²) in [7, 11) is 0. The SMILES string of the molecule is O=C1c2c(cc(O)c(O)c2O)OCC1c1ccc(O)cc1. The van der Waals surface area contributed by atoms with Crippen molar-refractivity contribution in [3.63, 3.8) is 0 Å². The Morgan fingerprint density at radius 2 is 1.67 bits per heavy atom. The molecule has 6 heteroatoms. The molecular weight excluding hydrogens is 276 g/mol. The largest absolute Gasteiger partial charge is 0.508 e.